The number of ether oxygens (including phenoxy) is 1. The molecule has 2 atom stereocenters. The Kier molecular flexibility index (Phi) is 6.42. The van der Waals surface area contributed by atoms with E-state index in [9.17, 15) is 14.4 Å². The third-order valence-corrected chi connectivity index (χ3v) is 4.37. The number of hydrogen-bond acceptors (Lipinski definition) is 6. The summed E-state index contributed by atoms with van der Waals surface area (Å²) in [6.45, 7) is 9.50. The Balaban J connectivity index is 2.15. The van der Waals surface area contributed by atoms with Crippen LogP contribution in [-0.4, -0.2) is 48.9 Å². The van der Waals surface area contributed by atoms with Gasteiger partial charge in [-0.25, -0.2) is 4.79 Å². The fourth-order valence-corrected chi connectivity index (χ4v) is 3.61. The largest absolute Gasteiger partial charge is 0.462 e. The van der Waals surface area contributed by atoms with E-state index in [2.05, 4.69) is 24.1 Å². The van der Waals surface area contributed by atoms with Crippen molar-refractivity contribution in [2.45, 2.75) is 34.1 Å². The molecule has 1 aliphatic rings. The van der Waals surface area contributed by atoms with E-state index in [4.69, 9.17) is 14.9 Å². The molecule has 8 nitrogen and oxygen atoms in total. The summed E-state index contributed by atoms with van der Waals surface area (Å²) in [7, 11) is 0. The van der Waals surface area contributed by atoms with Crippen LogP contribution in [0.3, 0.4) is 0 Å². The first-order valence-corrected chi connectivity index (χ1v) is 8.85. The van der Waals surface area contributed by atoms with Crippen molar-refractivity contribution < 1.29 is 23.5 Å². The van der Waals surface area contributed by atoms with Crippen LogP contribution in [-0.2, 0) is 9.53 Å². The number of aryl methyl sites for hydroxylation is 1. The number of nitrogens with two attached hydrogens (primary N) is 1. The lowest BCUT2D eigenvalue weighted by Crippen LogP contribution is -2.42. The molecule has 0 bridgehead atoms. The summed E-state index contributed by atoms with van der Waals surface area (Å²) in [5, 5.41) is 2.57. The molecule has 1 fully saturated rings. The first-order chi connectivity index (χ1) is 12.2. The number of hydrogen-bond donors (Lipinski definition) is 2. The Morgan fingerprint density at radius 1 is 1.23 bits per heavy atom. The minimum absolute atomic E-state index is 0.0464. The lowest BCUT2D eigenvalue weighted by Gasteiger charge is -2.34. The molecule has 0 radical (unpaired) electrons. The number of esters is 1. The molecule has 1 aliphatic heterocycles. The second-order valence-electron chi connectivity index (χ2n) is 7.01. The molecule has 26 heavy (non-hydrogen) atoms. The highest BCUT2D eigenvalue weighted by Crippen LogP contribution is 2.28. The maximum atomic E-state index is 12.4. The van der Waals surface area contributed by atoms with Gasteiger partial charge in [0, 0.05) is 13.1 Å². The van der Waals surface area contributed by atoms with E-state index in [1.807, 2.05) is 0 Å². The highest BCUT2D eigenvalue weighted by atomic mass is 16.5. The first kappa shape index (κ1) is 20.0. The fraction of sp³-hybridized carbons (Fsp3) is 0.611. The van der Waals surface area contributed by atoms with Gasteiger partial charge in [-0.1, -0.05) is 13.8 Å². The minimum Gasteiger partial charge on any atom is -0.462 e. The highest BCUT2D eigenvalue weighted by Gasteiger charge is 2.30. The van der Waals surface area contributed by atoms with E-state index in [-0.39, 0.29) is 41.8 Å². The Labute approximate surface area is 153 Å². The topological polar surface area (TPSA) is 115 Å². The quantitative estimate of drug-likeness (QED) is 0.743. The molecule has 8 heteroatoms. The van der Waals surface area contributed by atoms with Crippen LogP contribution in [0.4, 0.5) is 5.88 Å². The lowest BCUT2D eigenvalue weighted by atomic mass is 9.92. The van der Waals surface area contributed by atoms with Crippen LogP contribution < -0.4 is 11.1 Å². The van der Waals surface area contributed by atoms with Crippen LogP contribution >= 0.6 is 0 Å². The number of primary amides is 1. The molecule has 1 saturated heterocycles. The molecule has 2 heterocycles. The van der Waals surface area contributed by atoms with Crippen molar-refractivity contribution in [3.63, 3.8) is 0 Å². The second-order valence-corrected chi connectivity index (χ2v) is 7.01. The number of anilines is 1. The third-order valence-electron chi connectivity index (χ3n) is 4.37. The van der Waals surface area contributed by atoms with Crippen LogP contribution in [0.5, 0.6) is 0 Å². The summed E-state index contributed by atoms with van der Waals surface area (Å²) in [5.74, 6) is -0.781. The van der Waals surface area contributed by atoms with Gasteiger partial charge in [0.05, 0.1) is 13.2 Å². The van der Waals surface area contributed by atoms with Gasteiger partial charge in [-0.05, 0) is 32.1 Å². The van der Waals surface area contributed by atoms with Gasteiger partial charge in [0.2, 0.25) is 11.8 Å². The fourth-order valence-electron chi connectivity index (χ4n) is 3.61. The van der Waals surface area contributed by atoms with E-state index in [1.54, 1.807) is 6.92 Å². The molecule has 0 saturated carbocycles. The molecule has 0 aromatic carbocycles. The van der Waals surface area contributed by atoms with E-state index < -0.39 is 11.9 Å². The van der Waals surface area contributed by atoms with Gasteiger partial charge in [-0.2, -0.15) is 0 Å². The van der Waals surface area contributed by atoms with Crippen molar-refractivity contribution in [3.05, 3.63) is 16.9 Å². The van der Waals surface area contributed by atoms with Crippen LogP contribution in [0.2, 0.25) is 0 Å². The standard InChI is InChI=1S/C18H27N3O5/c1-5-25-18(24)14-12(4)26-17(15(14)16(19)23)20-13(22)9-21-7-10(2)6-11(3)8-21/h10-11H,5-9H2,1-4H3,(H2,19,23)(H,20,22)/t10-,11+. The minimum atomic E-state index is -0.861. The summed E-state index contributed by atoms with van der Waals surface area (Å²) in [4.78, 5) is 38.4. The third kappa shape index (κ3) is 4.63. The number of likely N-dealkylation sites (tertiary alicyclic amines) is 1. The normalized spacial score (nSPS) is 20.6. The van der Waals surface area contributed by atoms with Gasteiger partial charge in [0.15, 0.2) is 0 Å². The zero-order valence-corrected chi connectivity index (χ0v) is 15.8. The van der Waals surface area contributed by atoms with Crippen LogP contribution in [0, 0.1) is 18.8 Å². The van der Waals surface area contributed by atoms with E-state index in [1.165, 1.54) is 6.92 Å². The molecule has 1 aromatic rings. The SMILES string of the molecule is CCOC(=O)c1c(C)oc(NC(=O)CN2C[C@H](C)C[C@H](C)C2)c1C(N)=O. The maximum absolute atomic E-state index is 12.4. The maximum Gasteiger partial charge on any atom is 0.342 e. The molecule has 0 spiro atoms. The number of piperidine rings is 1. The number of nitrogens with one attached hydrogen (secondary N) is 1. The van der Waals surface area contributed by atoms with Crippen molar-refractivity contribution in [2.75, 3.05) is 31.6 Å². The number of carbonyl (C=O) groups excluding carboxylic acids is 3. The Morgan fingerprint density at radius 3 is 2.38 bits per heavy atom. The number of furan rings is 1. The van der Waals surface area contributed by atoms with Crippen LogP contribution in [0.25, 0.3) is 0 Å². The second kappa shape index (κ2) is 8.35. The molecule has 0 unspecified atom stereocenters. The number of nitrogens with zero attached hydrogens (tertiary/aromatic N) is 1. The predicted octanol–water partition coefficient (Wildman–Crippen LogP) is 1.78. The predicted molar refractivity (Wildman–Crippen MR) is 95.9 cm³/mol. The van der Waals surface area contributed by atoms with Crippen molar-refractivity contribution >= 4 is 23.7 Å². The summed E-state index contributed by atoms with van der Waals surface area (Å²) in [6, 6.07) is 0. The zero-order chi connectivity index (χ0) is 19.4. The van der Waals surface area contributed by atoms with Gasteiger partial charge in [-0.15, -0.1) is 0 Å². The molecule has 2 amide bonds. The van der Waals surface area contributed by atoms with E-state index in [0.717, 1.165) is 19.5 Å². The summed E-state index contributed by atoms with van der Waals surface area (Å²) < 4.78 is 10.4. The summed E-state index contributed by atoms with van der Waals surface area (Å²) >= 11 is 0. The zero-order valence-electron chi connectivity index (χ0n) is 15.8. The Hall–Kier alpha value is -2.35. The van der Waals surface area contributed by atoms with E-state index in [0.29, 0.717) is 11.8 Å². The highest BCUT2D eigenvalue weighted by molar-refractivity contribution is 6.10. The van der Waals surface area contributed by atoms with Gasteiger partial charge in [0.25, 0.3) is 5.91 Å². The smallest absolute Gasteiger partial charge is 0.342 e. The molecular weight excluding hydrogens is 338 g/mol. The average Bonchev–Trinajstić information content (AvgIpc) is 2.82. The molecular formula is C18H27N3O5. The molecule has 144 valence electrons. The molecule has 0 aliphatic carbocycles. The Bertz CT molecular complexity index is 687. The Morgan fingerprint density at radius 2 is 1.85 bits per heavy atom. The van der Waals surface area contributed by atoms with Crippen molar-refractivity contribution in [3.8, 4) is 0 Å². The first-order valence-electron chi connectivity index (χ1n) is 8.85. The number of rotatable bonds is 6. The number of carbonyl (C=O) groups is 3. The summed E-state index contributed by atoms with van der Waals surface area (Å²) in [5.41, 5.74) is 5.19. The van der Waals surface area contributed by atoms with Gasteiger partial charge in [0.1, 0.15) is 16.9 Å². The molecule has 2 rings (SSSR count). The lowest BCUT2D eigenvalue weighted by molar-refractivity contribution is -0.118. The van der Waals surface area contributed by atoms with Gasteiger partial charge < -0.3 is 14.9 Å². The number of amides is 2. The monoisotopic (exact) mass is 365 g/mol. The van der Waals surface area contributed by atoms with Gasteiger partial charge >= 0.3 is 5.97 Å². The van der Waals surface area contributed by atoms with E-state index >= 15 is 0 Å². The summed E-state index contributed by atoms with van der Waals surface area (Å²) in [6.07, 6.45) is 1.14. The van der Waals surface area contributed by atoms with Crippen molar-refractivity contribution in [1.82, 2.24) is 4.90 Å². The molecule has 3 N–H and O–H groups in total. The van der Waals surface area contributed by atoms with Gasteiger partial charge in [-0.3, -0.25) is 19.8 Å². The average molecular weight is 365 g/mol. The van der Waals surface area contributed by atoms with Crippen molar-refractivity contribution in [2.24, 2.45) is 17.6 Å². The van der Waals surface area contributed by atoms with Crippen LogP contribution in [0.1, 0.15) is 53.7 Å². The van der Waals surface area contributed by atoms with Crippen molar-refractivity contribution in [1.29, 1.82) is 0 Å². The molecule has 1 aromatic heterocycles. The van der Waals surface area contributed by atoms with Crippen LogP contribution in [0.15, 0.2) is 4.42 Å².